The largest absolute Gasteiger partial charge is 0.450 e. The highest BCUT2D eigenvalue weighted by molar-refractivity contribution is 6.06. The summed E-state index contributed by atoms with van der Waals surface area (Å²) < 4.78 is 48.5. The Labute approximate surface area is 181 Å². The summed E-state index contributed by atoms with van der Waals surface area (Å²) in [4.78, 5) is 0. The van der Waals surface area contributed by atoms with Gasteiger partial charge in [0.1, 0.15) is 0 Å². The lowest BCUT2D eigenvalue weighted by Crippen LogP contribution is -2.23. The number of benzene rings is 2. The lowest BCUT2D eigenvalue weighted by Gasteiger charge is -2.35. The Kier molecular flexibility index (Phi) is 5.58. The summed E-state index contributed by atoms with van der Waals surface area (Å²) in [7, 11) is 0. The van der Waals surface area contributed by atoms with Gasteiger partial charge in [0.15, 0.2) is 22.8 Å². The molecular formula is C27H29F3O. The maximum Gasteiger partial charge on any atom is 0.201 e. The van der Waals surface area contributed by atoms with E-state index in [1.807, 2.05) is 0 Å². The van der Waals surface area contributed by atoms with Gasteiger partial charge in [-0.05, 0) is 73.6 Å². The van der Waals surface area contributed by atoms with E-state index < -0.39 is 17.5 Å². The highest BCUT2D eigenvalue weighted by atomic mass is 19.2. The van der Waals surface area contributed by atoms with Crippen LogP contribution in [-0.2, 0) is 0 Å². The zero-order valence-electron chi connectivity index (χ0n) is 18.0. The fourth-order valence-corrected chi connectivity index (χ4v) is 5.95. The lowest BCUT2D eigenvalue weighted by molar-refractivity contribution is 0.189. The zero-order chi connectivity index (χ0) is 21.5. The quantitative estimate of drug-likeness (QED) is 0.406. The van der Waals surface area contributed by atoms with Crippen LogP contribution in [0.3, 0.4) is 0 Å². The van der Waals surface area contributed by atoms with Gasteiger partial charge in [-0.15, -0.1) is 0 Å². The summed E-state index contributed by atoms with van der Waals surface area (Å²) in [5.41, 5.74) is 1.32. The summed E-state index contributed by atoms with van der Waals surface area (Å²) in [6, 6.07) is 6.02. The first-order valence-electron chi connectivity index (χ1n) is 11.7. The molecule has 0 N–H and O–H groups in total. The zero-order valence-corrected chi connectivity index (χ0v) is 18.0. The van der Waals surface area contributed by atoms with E-state index in [2.05, 4.69) is 13.0 Å². The molecule has 1 fully saturated rings. The van der Waals surface area contributed by atoms with Crippen LogP contribution < -0.4 is 0 Å². The summed E-state index contributed by atoms with van der Waals surface area (Å²) in [5, 5.41) is 0.879. The average Bonchev–Trinajstić information content (AvgIpc) is 3.18. The minimum atomic E-state index is -1.07. The molecule has 2 aliphatic rings. The second-order valence-electron chi connectivity index (χ2n) is 9.48. The van der Waals surface area contributed by atoms with Crippen LogP contribution >= 0.6 is 0 Å². The molecule has 0 aliphatic heterocycles. The topological polar surface area (TPSA) is 13.1 Å². The van der Waals surface area contributed by atoms with Crippen molar-refractivity contribution in [1.29, 1.82) is 0 Å². The van der Waals surface area contributed by atoms with Crippen LogP contribution in [0, 0.1) is 35.2 Å². The predicted octanol–water partition coefficient (Wildman–Crippen LogP) is 8.79. The number of hydrogen-bond acceptors (Lipinski definition) is 1. The molecule has 3 aromatic rings. The molecule has 5 rings (SSSR count). The van der Waals surface area contributed by atoms with E-state index in [9.17, 15) is 8.78 Å². The Balaban J connectivity index is 1.37. The molecule has 4 heteroatoms. The summed E-state index contributed by atoms with van der Waals surface area (Å²) >= 11 is 0. The standard InChI is InChI=1S/C27H29F3O/c1-2-3-16-4-6-17(7-5-16)18-8-10-19(11-9-18)20-12-13-21-22-14-15-23(28)25(30)27(22)31-26(21)24(20)29/h10,12-18H,2-9,11H2,1H3. The van der Waals surface area contributed by atoms with Gasteiger partial charge >= 0.3 is 0 Å². The Hall–Kier alpha value is -2.23. The molecule has 1 nitrogen and oxygen atoms in total. The number of rotatable bonds is 4. The van der Waals surface area contributed by atoms with Crippen LogP contribution in [-0.4, -0.2) is 0 Å². The van der Waals surface area contributed by atoms with Crippen LogP contribution in [0.15, 0.2) is 34.8 Å². The molecule has 1 heterocycles. The van der Waals surface area contributed by atoms with Crippen molar-refractivity contribution in [2.45, 2.75) is 64.7 Å². The molecule has 1 aromatic heterocycles. The number of allylic oxidation sites excluding steroid dienone is 2. The maximum atomic E-state index is 15.3. The van der Waals surface area contributed by atoms with Crippen molar-refractivity contribution in [2.75, 3.05) is 0 Å². The van der Waals surface area contributed by atoms with Gasteiger partial charge in [-0.3, -0.25) is 0 Å². The van der Waals surface area contributed by atoms with E-state index >= 15 is 4.39 Å². The minimum Gasteiger partial charge on any atom is -0.450 e. The van der Waals surface area contributed by atoms with Gasteiger partial charge < -0.3 is 4.42 Å². The smallest absolute Gasteiger partial charge is 0.201 e. The number of hydrogen-bond donors (Lipinski definition) is 0. The van der Waals surface area contributed by atoms with Crippen molar-refractivity contribution in [3.8, 4) is 0 Å². The molecule has 1 atom stereocenters. The SMILES string of the molecule is CCCC1CCC(C2CC=C(c3ccc4c(oc5c(F)c(F)ccc54)c3F)CC2)CC1. The van der Waals surface area contributed by atoms with Gasteiger partial charge in [0.2, 0.25) is 5.82 Å². The fraction of sp³-hybridized carbons (Fsp3) is 0.481. The van der Waals surface area contributed by atoms with Crippen molar-refractivity contribution in [3.63, 3.8) is 0 Å². The number of furan rings is 1. The van der Waals surface area contributed by atoms with Gasteiger partial charge in [0, 0.05) is 16.3 Å². The second kappa shape index (κ2) is 8.37. The first-order valence-corrected chi connectivity index (χ1v) is 11.7. The van der Waals surface area contributed by atoms with E-state index in [0.717, 1.165) is 42.7 Å². The van der Waals surface area contributed by atoms with Crippen molar-refractivity contribution in [3.05, 3.63) is 53.4 Å². The van der Waals surface area contributed by atoms with Gasteiger partial charge in [-0.2, -0.15) is 4.39 Å². The normalized spacial score (nSPS) is 24.6. The summed E-state index contributed by atoms with van der Waals surface area (Å²) in [6.45, 7) is 2.27. The fourth-order valence-electron chi connectivity index (χ4n) is 5.95. The third kappa shape index (κ3) is 3.68. The first-order chi connectivity index (χ1) is 15.1. The van der Waals surface area contributed by atoms with Crippen LogP contribution in [0.2, 0.25) is 0 Å². The van der Waals surface area contributed by atoms with Crippen molar-refractivity contribution < 1.29 is 17.6 Å². The average molecular weight is 427 g/mol. The van der Waals surface area contributed by atoms with Gasteiger partial charge in [0.05, 0.1) is 0 Å². The number of fused-ring (bicyclic) bond motifs is 3. The highest BCUT2D eigenvalue weighted by Crippen LogP contribution is 2.43. The summed E-state index contributed by atoms with van der Waals surface area (Å²) in [6.07, 6.45) is 13.2. The van der Waals surface area contributed by atoms with Crippen molar-refractivity contribution in [1.82, 2.24) is 0 Å². The predicted molar refractivity (Wildman–Crippen MR) is 119 cm³/mol. The molecule has 0 radical (unpaired) electrons. The minimum absolute atomic E-state index is 0.00858. The Morgan fingerprint density at radius 1 is 0.839 bits per heavy atom. The Morgan fingerprint density at radius 3 is 2.23 bits per heavy atom. The Bertz CT molecular complexity index is 1130. The molecule has 0 spiro atoms. The number of halogens is 3. The van der Waals surface area contributed by atoms with Crippen molar-refractivity contribution in [2.24, 2.45) is 17.8 Å². The molecule has 0 amide bonds. The molecule has 2 aromatic carbocycles. The lowest BCUT2D eigenvalue weighted by atomic mass is 9.70. The molecule has 1 saturated carbocycles. The van der Waals surface area contributed by atoms with Gasteiger partial charge in [-0.1, -0.05) is 44.7 Å². The van der Waals surface area contributed by atoms with E-state index in [1.165, 1.54) is 44.6 Å². The molecular weight excluding hydrogens is 397 g/mol. The van der Waals surface area contributed by atoms with E-state index in [1.54, 1.807) is 12.1 Å². The van der Waals surface area contributed by atoms with E-state index in [0.29, 0.717) is 22.3 Å². The highest BCUT2D eigenvalue weighted by Gasteiger charge is 2.29. The third-order valence-electron chi connectivity index (χ3n) is 7.69. The first kappa shape index (κ1) is 20.7. The Morgan fingerprint density at radius 2 is 1.55 bits per heavy atom. The van der Waals surface area contributed by atoms with Crippen LogP contribution in [0.1, 0.15) is 70.3 Å². The van der Waals surface area contributed by atoms with E-state index in [-0.39, 0.29) is 11.2 Å². The van der Waals surface area contributed by atoms with Gasteiger partial charge in [-0.25, -0.2) is 8.78 Å². The monoisotopic (exact) mass is 426 g/mol. The molecule has 1 unspecified atom stereocenters. The van der Waals surface area contributed by atoms with Gasteiger partial charge in [0.25, 0.3) is 0 Å². The van der Waals surface area contributed by atoms with Crippen LogP contribution in [0.4, 0.5) is 13.2 Å². The van der Waals surface area contributed by atoms with Crippen molar-refractivity contribution >= 4 is 27.5 Å². The molecule has 2 aliphatic carbocycles. The van der Waals surface area contributed by atoms with Crippen LogP contribution in [0.25, 0.3) is 27.5 Å². The van der Waals surface area contributed by atoms with Crippen LogP contribution in [0.5, 0.6) is 0 Å². The second-order valence-corrected chi connectivity index (χ2v) is 9.48. The van der Waals surface area contributed by atoms with E-state index in [4.69, 9.17) is 4.42 Å². The summed E-state index contributed by atoms with van der Waals surface area (Å²) in [5.74, 6) is -0.120. The molecule has 164 valence electrons. The maximum absolute atomic E-state index is 15.3. The third-order valence-corrected chi connectivity index (χ3v) is 7.69. The molecule has 0 saturated heterocycles. The molecule has 31 heavy (non-hydrogen) atoms. The molecule has 0 bridgehead atoms.